The van der Waals surface area contributed by atoms with Crippen LogP contribution in [0.15, 0.2) is 0 Å². The zero-order chi connectivity index (χ0) is 13.9. The van der Waals surface area contributed by atoms with Crippen LogP contribution in [0.25, 0.3) is 0 Å². The summed E-state index contributed by atoms with van der Waals surface area (Å²) in [7, 11) is 0. The van der Waals surface area contributed by atoms with Gasteiger partial charge in [-0.2, -0.15) is 0 Å². The summed E-state index contributed by atoms with van der Waals surface area (Å²) in [5, 5.41) is 13.2. The Morgan fingerprint density at radius 1 is 1.20 bits per heavy atom. The minimum Gasteiger partial charge on any atom is -0.393 e. The molecule has 2 heterocycles. The quantitative estimate of drug-likeness (QED) is 0.782. The number of rotatable bonds is 4. The topological polar surface area (TPSA) is 61.8 Å². The van der Waals surface area contributed by atoms with E-state index in [1.165, 1.54) is 0 Å². The van der Waals surface area contributed by atoms with Gasteiger partial charge in [-0.15, -0.1) is 0 Å². The molecular weight excluding hydrogens is 256 g/mol. The Labute approximate surface area is 120 Å². The lowest BCUT2D eigenvalue weighted by atomic mass is 10.00. The van der Waals surface area contributed by atoms with Crippen LogP contribution in [0.5, 0.6) is 0 Å². The lowest BCUT2D eigenvalue weighted by Crippen LogP contribution is -2.34. The number of hydrogen-bond donors (Lipinski definition) is 2. The molecule has 0 aromatic heterocycles. The number of likely N-dealkylation sites (tertiary alicyclic amines) is 1. The molecule has 3 unspecified atom stereocenters. The molecule has 1 aliphatic carbocycles. The average Bonchev–Trinajstić information content (AvgIpc) is 3.03. The van der Waals surface area contributed by atoms with Crippen LogP contribution in [0.4, 0.5) is 0 Å². The fourth-order valence-electron chi connectivity index (χ4n) is 3.87. The van der Waals surface area contributed by atoms with E-state index < -0.39 is 0 Å². The van der Waals surface area contributed by atoms with Crippen LogP contribution in [0.1, 0.15) is 32.1 Å². The first kappa shape index (κ1) is 14.3. The largest absolute Gasteiger partial charge is 0.393 e. The molecule has 3 fully saturated rings. The smallest absolute Gasteiger partial charge is 0.224 e. The summed E-state index contributed by atoms with van der Waals surface area (Å²) >= 11 is 0. The maximum absolute atomic E-state index is 12.2. The number of carbonyl (C=O) groups excluding carboxylic acids is 1. The molecule has 0 aromatic carbocycles. The van der Waals surface area contributed by atoms with Crippen molar-refractivity contribution in [2.24, 2.45) is 11.8 Å². The number of ether oxygens (including phenoxy) is 1. The number of aliphatic hydroxyl groups is 1. The third-order valence-corrected chi connectivity index (χ3v) is 5.13. The van der Waals surface area contributed by atoms with Crippen LogP contribution in [0.2, 0.25) is 0 Å². The second kappa shape index (κ2) is 6.41. The van der Waals surface area contributed by atoms with Crippen molar-refractivity contribution < 1.29 is 14.6 Å². The van der Waals surface area contributed by atoms with E-state index >= 15 is 0 Å². The van der Waals surface area contributed by atoms with Gasteiger partial charge in [0.25, 0.3) is 0 Å². The molecule has 2 saturated heterocycles. The molecule has 2 aliphatic heterocycles. The highest BCUT2D eigenvalue weighted by Crippen LogP contribution is 2.38. The van der Waals surface area contributed by atoms with E-state index in [0.717, 1.165) is 51.9 Å². The van der Waals surface area contributed by atoms with Crippen molar-refractivity contribution in [1.82, 2.24) is 10.2 Å². The van der Waals surface area contributed by atoms with Crippen molar-refractivity contribution in [3.8, 4) is 0 Å². The molecule has 5 nitrogen and oxygen atoms in total. The number of nitrogens with one attached hydrogen (secondary N) is 1. The minimum atomic E-state index is -0.191. The van der Waals surface area contributed by atoms with Crippen LogP contribution in [0, 0.1) is 11.8 Å². The number of carbonyl (C=O) groups is 1. The summed E-state index contributed by atoms with van der Waals surface area (Å²) in [6, 6.07) is 0. The van der Waals surface area contributed by atoms with Crippen LogP contribution >= 0.6 is 0 Å². The van der Waals surface area contributed by atoms with Gasteiger partial charge in [0.05, 0.1) is 25.2 Å². The summed E-state index contributed by atoms with van der Waals surface area (Å²) in [5.74, 6) is 1.05. The van der Waals surface area contributed by atoms with Crippen molar-refractivity contribution in [2.45, 2.75) is 44.3 Å². The number of piperidine rings is 1. The van der Waals surface area contributed by atoms with Gasteiger partial charge < -0.3 is 20.1 Å². The maximum Gasteiger partial charge on any atom is 0.224 e. The van der Waals surface area contributed by atoms with Crippen molar-refractivity contribution in [3.63, 3.8) is 0 Å². The van der Waals surface area contributed by atoms with Gasteiger partial charge in [0, 0.05) is 19.0 Å². The average molecular weight is 282 g/mol. The highest BCUT2D eigenvalue weighted by atomic mass is 16.5. The molecular formula is C15H26N2O3. The Kier molecular flexibility index (Phi) is 4.58. The summed E-state index contributed by atoms with van der Waals surface area (Å²) < 4.78 is 5.79. The van der Waals surface area contributed by atoms with Gasteiger partial charge in [-0.05, 0) is 44.7 Å². The maximum atomic E-state index is 12.2. The third kappa shape index (κ3) is 3.15. The second-order valence-electron chi connectivity index (χ2n) is 6.44. The summed E-state index contributed by atoms with van der Waals surface area (Å²) in [4.78, 5) is 14.1. The first-order valence-corrected chi connectivity index (χ1v) is 8.02. The van der Waals surface area contributed by atoms with Gasteiger partial charge in [0.2, 0.25) is 5.91 Å². The van der Waals surface area contributed by atoms with E-state index in [2.05, 4.69) is 5.32 Å². The monoisotopic (exact) mass is 282 g/mol. The molecule has 3 atom stereocenters. The molecule has 5 heteroatoms. The molecule has 20 heavy (non-hydrogen) atoms. The van der Waals surface area contributed by atoms with Crippen LogP contribution in [-0.2, 0) is 9.53 Å². The second-order valence-corrected chi connectivity index (χ2v) is 6.44. The highest BCUT2D eigenvalue weighted by molar-refractivity contribution is 5.76. The van der Waals surface area contributed by atoms with Crippen LogP contribution in [-0.4, -0.2) is 60.9 Å². The van der Waals surface area contributed by atoms with Gasteiger partial charge in [-0.3, -0.25) is 4.79 Å². The van der Waals surface area contributed by atoms with Gasteiger partial charge in [-0.25, -0.2) is 0 Å². The normalized spacial score (nSPS) is 34.5. The Hall–Kier alpha value is -0.650. The van der Waals surface area contributed by atoms with E-state index in [1.807, 2.05) is 4.90 Å². The molecule has 0 aromatic rings. The number of amides is 1. The summed E-state index contributed by atoms with van der Waals surface area (Å²) in [6.45, 7) is 4.17. The molecule has 1 saturated carbocycles. The van der Waals surface area contributed by atoms with E-state index in [1.54, 1.807) is 0 Å². The first-order valence-electron chi connectivity index (χ1n) is 8.02. The molecule has 0 spiro atoms. The Morgan fingerprint density at radius 2 is 2.00 bits per heavy atom. The third-order valence-electron chi connectivity index (χ3n) is 5.13. The van der Waals surface area contributed by atoms with Gasteiger partial charge >= 0.3 is 0 Å². The predicted octanol–water partition coefficient (Wildman–Crippen LogP) is 0.374. The van der Waals surface area contributed by atoms with Gasteiger partial charge in [-0.1, -0.05) is 0 Å². The van der Waals surface area contributed by atoms with Gasteiger partial charge in [0.15, 0.2) is 0 Å². The molecule has 0 radical (unpaired) electrons. The molecule has 3 rings (SSSR count). The van der Waals surface area contributed by atoms with Gasteiger partial charge in [0.1, 0.15) is 0 Å². The van der Waals surface area contributed by atoms with E-state index in [-0.39, 0.29) is 12.0 Å². The Balaban J connectivity index is 1.37. The number of hydrogen-bond acceptors (Lipinski definition) is 4. The first-order chi connectivity index (χ1) is 9.74. The van der Waals surface area contributed by atoms with E-state index in [4.69, 9.17) is 4.74 Å². The molecule has 2 N–H and O–H groups in total. The Bertz CT molecular complexity index is 344. The number of aliphatic hydroxyl groups excluding tert-OH is 1. The van der Waals surface area contributed by atoms with Crippen LogP contribution in [0.3, 0.4) is 0 Å². The summed E-state index contributed by atoms with van der Waals surface area (Å²) in [6.07, 6.45) is 4.70. The fourth-order valence-corrected chi connectivity index (χ4v) is 3.87. The van der Waals surface area contributed by atoms with Crippen molar-refractivity contribution >= 4 is 5.91 Å². The SMILES string of the molecule is O=C(CCOC1CCNCC1)N1CC2CCC(O)C2C1. The van der Waals surface area contributed by atoms with Crippen molar-refractivity contribution in [2.75, 3.05) is 32.8 Å². The lowest BCUT2D eigenvalue weighted by Gasteiger charge is -2.23. The standard InChI is InChI=1S/C15H26N2O3/c18-14-2-1-11-9-17(10-13(11)14)15(19)5-8-20-12-3-6-16-7-4-12/h11-14,16,18H,1-10H2. The minimum absolute atomic E-state index is 0.191. The zero-order valence-electron chi connectivity index (χ0n) is 12.1. The van der Waals surface area contributed by atoms with Crippen molar-refractivity contribution in [3.05, 3.63) is 0 Å². The lowest BCUT2D eigenvalue weighted by molar-refractivity contribution is -0.132. The fraction of sp³-hybridized carbons (Fsp3) is 0.933. The Morgan fingerprint density at radius 3 is 2.75 bits per heavy atom. The summed E-state index contributed by atoms with van der Waals surface area (Å²) in [5.41, 5.74) is 0. The zero-order valence-corrected chi connectivity index (χ0v) is 12.1. The number of fused-ring (bicyclic) bond motifs is 1. The number of nitrogens with zero attached hydrogens (tertiary/aromatic N) is 1. The van der Waals surface area contributed by atoms with E-state index in [0.29, 0.717) is 31.0 Å². The molecule has 0 bridgehead atoms. The van der Waals surface area contributed by atoms with Crippen LogP contribution < -0.4 is 5.32 Å². The highest BCUT2D eigenvalue weighted by Gasteiger charge is 2.43. The predicted molar refractivity (Wildman–Crippen MR) is 75.3 cm³/mol. The van der Waals surface area contributed by atoms with Crippen molar-refractivity contribution in [1.29, 1.82) is 0 Å². The molecule has 3 aliphatic rings. The molecule has 114 valence electrons. The molecule has 1 amide bonds. The van der Waals surface area contributed by atoms with E-state index in [9.17, 15) is 9.90 Å².